The molecule has 21 heavy (non-hydrogen) atoms. The zero-order valence-corrected chi connectivity index (χ0v) is 13.4. The van der Waals surface area contributed by atoms with Crippen LogP contribution in [-0.4, -0.2) is 33.5 Å². The van der Waals surface area contributed by atoms with Crippen molar-refractivity contribution in [3.05, 3.63) is 35.4 Å². The van der Waals surface area contributed by atoms with Gasteiger partial charge < -0.3 is 15.3 Å². The van der Waals surface area contributed by atoms with Crippen molar-refractivity contribution in [3.8, 4) is 11.8 Å². The van der Waals surface area contributed by atoms with Crippen molar-refractivity contribution in [1.29, 1.82) is 0 Å². The highest BCUT2D eigenvalue weighted by Gasteiger charge is 2.11. The Morgan fingerprint density at radius 2 is 2.05 bits per heavy atom. The molecule has 0 amide bonds. The Kier molecular flexibility index (Phi) is 12.7. The lowest BCUT2D eigenvalue weighted by molar-refractivity contribution is -0.137. The van der Waals surface area contributed by atoms with Crippen LogP contribution >= 0.6 is 15.9 Å². The third-order valence-corrected chi connectivity index (χ3v) is 2.82. The summed E-state index contributed by atoms with van der Waals surface area (Å²) in [6.45, 7) is 0. The van der Waals surface area contributed by atoms with Gasteiger partial charge in [-0.05, 0) is 36.4 Å². The molecule has 2 atom stereocenters. The summed E-state index contributed by atoms with van der Waals surface area (Å²) in [4.78, 5) is 12.0. The van der Waals surface area contributed by atoms with E-state index in [1.165, 1.54) is 12.2 Å². The zero-order chi connectivity index (χ0) is 15.9. The second-order valence-corrected chi connectivity index (χ2v) is 4.84. The molecule has 0 saturated carbocycles. The van der Waals surface area contributed by atoms with Gasteiger partial charge in [-0.15, -0.1) is 0 Å². The molecule has 0 unspecified atom stereocenters. The monoisotopic (exact) mass is 356 g/mol. The first-order valence-corrected chi connectivity index (χ1v) is 7.64. The largest absolute Gasteiger partial charge is 0.481 e. The normalized spacial score (nSPS) is 14.4. The van der Waals surface area contributed by atoms with Crippen molar-refractivity contribution in [2.24, 2.45) is 0 Å². The average Bonchev–Trinajstić information content (AvgIpc) is 2.45. The van der Waals surface area contributed by atoms with Gasteiger partial charge >= 0.3 is 5.97 Å². The summed E-state index contributed by atoms with van der Waals surface area (Å²) in [7, 11) is 0. The van der Waals surface area contributed by atoms with Crippen molar-refractivity contribution < 1.29 is 20.1 Å². The lowest BCUT2D eigenvalue weighted by Crippen LogP contribution is -2.23. The van der Waals surface area contributed by atoms with E-state index in [-0.39, 0.29) is 6.42 Å². The van der Waals surface area contributed by atoms with E-state index in [0.29, 0.717) is 25.7 Å². The van der Waals surface area contributed by atoms with Crippen molar-refractivity contribution in [1.82, 2.24) is 0 Å². The number of halogens is 1. The van der Waals surface area contributed by atoms with Crippen LogP contribution in [0.4, 0.5) is 0 Å². The van der Waals surface area contributed by atoms with Gasteiger partial charge in [-0.1, -0.05) is 46.0 Å². The summed E-state index contributed by atoms with van der Waals surface area (Å²) in [5.74, 6) is 4.66. The van der Waals surface area contributed by atoms with Crippen LogP contribution in [0.1, 0.15) is 32.1 Å². The Morgan fingerprint density at radius 1 is 1.29 bits per heavy atom. The number of hydrogen-bond acceptors (Lipinski definition) is 3. The van der Waals surface area contributed by atoms with Gasteiger partial charge in [-0.25, -0.2) is 0 Å². The standard InChI is InChI=1S/C16H21BrO4/c17-13-9-5-4-7-11-15(19)14(18)10-6-2-1-3-8-12-16(20)21/h4-6,9-10,13-15,18-19H,3,7-8,11-12H2,(H,20,21)/t14-,15-/m0/s1. The van der Waals surface area contributed by atoms with Crippen LogP contribution in [0.3, 0.4) is 0 Å². The number of hydrogen-bond donors (Lipinski definition) is 3. The molecule has 0 aliphatic carbocycles. The van der Waals surface area contributed by atoms with Gasteiger partial charge in [0.05, 0.1) is 12.2 Å². The van der Waals surface area contributed by atoms with Crippen LogP contribution in [0.2, 0.25) is 0 Å². The molecular weight excluding hydrogens is 336 g/mol. The molecule has 0 aromatic heterocycles. The van der Waals surface area contributed by atoms with Gasteiger partial charge in [-0.3, -0.25) is 4.79 Å². The molecule has 0 bridgehead atoms. The second kappa shape index (κ2) is 13.6. The van der Waals surface area contributed by atoms with Crippen LogP contribution in [-0.2, 0) is 4.79 Å². The smallest absolute Gasteiger partial charge is 0.303 e. The molecule has 0 radical (unpaired) electrons. The van der Waals surface area contributed by atoms with Gasteiger partial charge in [0.1, 0.15) is 0 Å². The molecule has 0 rings (SSSR count). The molecule has 116 valence electrons. The minimum absolute atomic E-state index is 0.109. The van der Waals surface area contributed by atoms with Crippen molar-refractivity contribution in [2.45, 2.75) is 44.3 Å². The minimum atomic E-state index is -0.946. The number of rotatable bonds is 9. The fourth-order valence-corrected chi connectivity index (χ4v) is 1.56. The first-order chi connectivity index (χ1) is 10.1. The summed E-state index contributed by atoms with van der Waals surface area (Å²) in [5, 5.41) is 27.8. The number of carbonyl (C=O) groups is 1. The Labute approximate surface area is 134 Å². The van der Waals surface area contributed by atoms with Crippen LogP contribution in [0, 0.1) is 11.8 Å². The Morgan fingerprint density at radius 3 is 2.71 bits per heavy atom. The third-order valence-electron chi connectivity index (χ3n) is 2.51. The van der Waals surface area contributed by atoms with Gasteiger partial charge in [0.25, 0.3) is 0 Å². The Hall–Kier alpha value is -1.35. The van der Waals surface area contributed by atoms with E-state index in [1.807, 2.05) is 18.2 Å². The first kappa shape index (κ1) is 19.7. The quantitative estimate of drug-likeness (QED) is 0.337. The number of aliphatic hydroxyl groups is 2. The van der Waals surface area contributed by atoms with Gasteiger partial charge in [0, 0.05) is 12.8 Å². The van der Waals surface area contributed by atoms with Crippen LogP contribution in [0.25, 0.3) is 0 Å². The lowest BCUT2D eigenvalue weighted by atomic mass is 10.1. The second-order valence-electron chi connectivity index (χ2n) is 4.31. The fourth-order valence-electron chi connectivity index (χ4n) is 1.39. The third kappa shape index (κ3) is 13.4. The molecule has 3 N–H and O–H groups in total. The number of aliphatic carboxylic acids is 1. The highest BCUT2D eigenvalue weighted by molar-refractivity contribution is 9.11. The van der Waals surface area contributed by atoms with Gasteiger partial charge in [-0.2, -0.15) is 0 Å². The zero-order valence-electron chi connectivity index (χ0n) is 11.8. The molecule has 0 aliphatic rings. The first-order valence-electron chi connectivity index (χ1n) is 6.72. The van der Waals surface area contributed by atoms with Gasteiger partial charge in [0.2, 0.25) is 0 Å². The summed E-state index contributed by atoms with van der Waals surface area (Å²) >= 11 is 3.14. The van der Waals surface area contributed by atoms with Crippen molar-refractivity contribution in [2.75, 3.05) is 0 Å². The van der Waals surface area contributed by atoms with E-state index in [4.69, 9.17) is 5.11 Å². The number of carboxylic acid groups (broad SMARTS) is 1. The fraction of sp³-hybridized carbons (Fsp3) is 0.438. The van der Waals surface area contributed by atoms with Crippen LogP contribution < -0.4 is 0 Å². The van der Waals surface area contributed by atoms with E-state index in [9.17, 15) is 15.0 Å². The highest BCUT2D eigenvalue weighted by Crippen LogP contribution is 2.05. The van der Waals surface area contributed by atoms with Crippen molar-refractivity contribution >= 4 is 21.9 Å². The summed E-state index contributed by atoms with van der Waals surface area (Å²) in [6, 6.07) is 0. The van der Waals surface area contributed by atoms with Crippen LogP contribution in [0.15, 0.2) is 35.4 Å². The molecule has 0 fully saturated rings. The molecule has 0 aliphatic heterocycles. The molecule has 5 heteroatoms. The van der Waals surface area contributed by atoms with Gasteiger partial charge in [0.15, 0.2) is 0 Å². The van der Waals surface area contributed by atoms with E-state index in [2.05, 4.69) is 27.8 Å². The maximum Gasteiger partial charge on any atom is 0.303 e. The summed E-state index contributed by atoms with van der Waals surface area (Å²) in [5.41, 5.74) is 0. The minimum Gasteiger partial charge on any atom is -0.481 e. The molecule has 0 aromatic carbocycles. The maximum absolute atomic E-state index is 10.3. The van der Waals surface area contributed by atoms with E-state index >= 15 is 0 Å². The number of allylic oxidation sites excluding steroid dienone is 4. The van der Waals surface area contributed by atoms with Crippen LogP contribution in [0.5, 0.6) is 0 Å². The SMILES string of the molecule is O=C(O)CCCC#CC=C[C@H](O)[C@@H](O)CCC=CC=CBr. The van der Waals surface area contributed by atoms with E-state index in [1.54, 1.807) is 4.99 Å². The average molecular weight is 357 g/mol. The number of carboxylic acids is 1. The highest BCUT2D eigenvalue weighted by atomic mass is 79.9. The van der Waals surface area contributed by atoms with E-state index < -0.39 is 18.2 Å². The Balaban J connectivity index is 3.89. The predicted molar refractivity (Wildman–Crippen MR) is 86.9 cm³/mol. The lowest BCUT2D eigenvalue weighted by Gasteiger charge is -2.12. The molecule has 0 saturated heterocycles. The molecule has 0 spiro atoms. The topological polar surface area (TPSA) is 77.8 Å². The number of aliphatic hydroxyl groups excluding tert-OH is 2. The predicted octanol–water partition coefficient (Wildman–Crippen LogP) is 2.77. The van der Waals surface area contributed by atoms with E-state index in [0.717, 1.165) is 0 Å². The van der Waals surface area contributed by atoms with Crippen molar-refractivity contribution in [3.63, 3.8) is 0 Å². The molecular formula is C16H21BrO4. The summed E-state index contributed by atoms with van der Waals surface area (Å²) in [6.07, 6.45) is 8.99. The maximum atomic E-state index is 10.3. The summed E-state index contributed by atoms with van der Waals surface area (Å²) < 4.78 is 0. The molecule has 0 heterocycles. The molecule has 0 aromatic rings. The number of unbranched alkanes of at least 4 members (excludes halogenated alkanes) is 1. The Bertz CT molecular complexity index is 429. The molecule has 4 nitrogen and oxygen atoms in total.